The van der Waals surface area contributed by atoms with E-state index >= 15 is 0 Å². The van der Waals surface area contributed by atoms with E-state index in [2.05, 4.69) is 15.3 Å². The molecule has 4 nitrogen and oxygen atoms in total. The first kappa shape index (κ1) is 9.83. The fourth-order valence-electron chi connectivity index (χ4n) is 1.55. The van der Waals surface area contributed by atoms with E-state index in [-0.39, 0.29) is 11.8 Å². The topological polar surface area (TPSA) is 54.9 Å². The maximum absolute atomic E-state index is 11.7. The molecule has 1 N–H and O–H groups in total. The third kappa shape index (κ3) is 2.40. The number of hydrogen-bond acceptors (Lipinski definition) is 3. The maximum Gasteiger partial charge on any atom is 0.230 e. The van der Waals surface area contributed by atoms with Gasteiger partial charge >= 0.3 is 0 Å². The van der Waals surface area contributed by atoms with Crippen LogP contribution in [0.4, 0.5) is 5.95 Å². The summed E-state index contributed by atoms with van der Waals surface area (Å²) >= 11 is 0. The molecule has 1 aromatic rings. The van der Waals surface area contributed by atoms with E-state index in [9.17, 15) is 4.79 Å². The molecule has 78 valence electrons. The van der Waals surface area contributed by atoms with Gasteiger partial charge in [0, 0.05) is 17.8 Å². The van der Waals surface area contributed by atoms with Crippen molar-refractivity contribution in [2.75, 3.05) is 5.32 Å². The first-order valence-electron chi connectivity index (χ1n) is 5.01. The van der Waals surface area contributed by atoms with Crippen molar-refractivity contribution in [2.24, 2.45) is 5.92 Å². The Balaban J connectivity index is 1.99. The molecule has 0 radical (unpaired) electrons. The molecule has 0 atom stereocenters. The van der Waals surface area contributed by atoms with Gasteiger partial charge in [-0.05, 0) is 25.8 Å². The second-order valence-corrected chi connectivity index (χ2v) is 3.65. The largest absolute Gasteiger partial charge is 0.294 e. The Bertz CT molecular complexity index is 393. The number of carbonyl (C=O) groups is 1. The summed E-state index contributed by atoms with van der Waals surface area (Å²) < 4.78 is 0. The Hall–Kier alpha value is -1.71. The Kier molecular flexibility index (Phi) is 2.76. The smallest absolute Gasteiger partial charge is 0.230 e. The van der Waals surface area contributed by atoms with Crippen molar-refractivity contribution in [3.8, 4) is 0 Å². The molecule has 2 rings (SSSR count). The molecule has 1 aliphatic rings. The van der Waals surface area contributed by atoms with E-state index in [0.717, 1.165) is 18.5 Å². The zero-order chi connectivity index (χ0) is 10.7. The summed E-state index contributed by atoms with van der Waals surface area (Å²) in [6.07, 6.45) is 7.34. The van der Waals surface area contributed by atoms with Gasteiger partial charge in [0.2, 0.25) is 11.9 Å². The van der Waals surface area contributed by atoms with Crippen LogP contribution in [0.15, 0.2) is 24.4 Å². The SMILES string of the molecule is Cc1ccnc(NC(=O)C2CC=CC2)n1. The van der Waals surface area contributed by atoms with Crippen molar-refractivity contribution in [1.82, 2.24) is 9.97 Å². The predicted molar refractivity (Wildman–Crippen MR) is 57.3 cm³/mol. The number of allylic oxidation sites excluding steroid dienone is 2. The Labute approximate surface area is 88.4 Å². The Morgan fingerprint density at radius 3 is 2.87 bits per heavy atom. The average molecular weight is 203 g/mol. The van der Waals surface area contributed by atoms with Crippen LogP contribution in [0.3, 0.4) is 0 Å². The fourth-order valence-corrected chi connectivity index (χ4v) is 1.55. The van der Waals surface area contributed by atoms with E-state index in [1.807, 2.05) is 19.1 Å². The molecule has 1 heterocycles. The van der Waals surface area contributed by atoms with Gasteiger partial charge in [0.05, 0.1) is 0 Å². The second kappa shape index (κ2) is 4.21. The molecule has 0 fully saturated rings. The lowest BCUT2D eigenvalue weighted by Gasteiger charge is -2.08. The lowest BCUT2D eigenvalue weighted by molar-refractivity contribution is -0.119. The van der Waals surface area contributed by atoms with Gasteiger partial charge in [-0.1, -0.05) is 12.2 Å². The number of anilines is 1. The number of aromatic nitrogens is 2. The van der Waals surface area contributed by atoms with Gasteiger partial charge < -0.3 is 0 Å². The van der Waals surface area contributed by atoms with E-state index in [4.69, 9.17) is 0 Å². The zero-order valence-electron chi connectivity index (χ0n) is 8.60. The van der Waals surface area contributed by atoms with Gasteiger partial charge in [0.25, 0.3) is 0 Å². The highest BCUT2D eigenvalue weighted by Gasteiger charge is 2.19. The first-order valence-corrected chi connectivity index (χ1v) is 5.01. The van der Waals surface area contributed by atoms with Crippen LogP contribution in [0.5, 0.6) is 0 Å². The third-order valence-corrected chi connectivity index (χ3v) is 2.41. The molecule has 0 saturated carbocycles. The summed E-state index contributed by atoms with van der Waals surface area (Å²) in [5.74, 6) is 0.451. The summed E-state index contributed by atoms with van der Waals surface area (Å²) in [6.45, 7) is 1.87. The summed E-state index contributed by atoms with van der Waals surface area (Å²) in [7, 11) is 0. The molecule has 4 heteroatoms. The Morgan fingerprint density at radius 1 is 1.47 bits per heavy atom. The average Bonchev–Trinajstić information content (AvgIpc) is 2.70. The first-order chi connectivity index (χ1) is 7.25. The molecule has 1 aliphatic carbocycles. The molecule has 0 aliphatic heterocycles. The van der Waals surface area contributed by atoms with Crippen molar-refractivity contribution in [3.05, 3.63) is 30.1 Å². The molecular weight excluding hydrogens is 190 g/mol. The minimum absolute atomic E-state index is 0.00519. The number of nitrogens with one attached hydrogen (secondary N) is 1. The lowest BCUT2D eigenvalue weighted by atomic mass is 10.1. The Morgan fingerprint density at radius 2 is 2.20 bits per heavy atom. The highest BCUT2D eigenvalue weighted by molar-refractivity contribution is 5.91. The van der Waals surface area contributed by atoms with Crippen LogP contribution in [0, 0.1) is 12.8 Å². The van der Waals surface area contributed by atoms with Gasteiger partial charge in [-0.15, -0.1) is 0 Å². The number of aryl methyl sites for hydroxylation is 1. The molecule has 0 spiro atoms. The van der Waals surface area contributed by atoms with Crippen LogP contribution in [-0.2, 0) is 4.79 Å². The quantitative estimate of drug-likeness (QED) is 0.744. The van der Waals surface area contributed by atoms with Crippen LogP contribution in [0.25, 0.3) is 0 Å². The zero-order valence-corrected chi connectivity index (χ0v) is 8.60. The van der Waals surface area contributed by atoms with Crippen molar-refractivity contribution in [1.29, 1.82) is 0 Å². The summed E-state index contributed by atoms with van der Waals surface area (Å²) in [5.41, 5.74) is 0.852. The molecule has 0 aromatic carbocycles. The normalized spacial score (nSPS) is 15.5. The summed E-state index contributed by atoms with van der Waals surface area (Å²) in [4.78, 5) is 19.8. The number of hydrogen-bond donors (Lipinski definition) is 1. The van der Waals surface area contributed by atoms with Gasteiger partial charge in [-0.3, -0.25) is 10.1 Å². The maximum atomic E-state index is 11.7. The molecule has 0 bridgehead atoms. The molecule has 15 heavy (non-hydrogen) atoms. The number of nitrogens with zero attached hydrogens (tertiary/aromatic N) is 2. The highest BCUT2D eigenvalue weighted by Crippen LogP contribution is 2.18. The van der Waals surface area contributed by atoms with Crippen molar-refractivity contribution >= 4 is 11.9 Å². The molecule has 1 amide bonds. The van der Waals surface area contributed by atoms with E-state index < -0.39 is 0 Å². The van der Waals surface area contributed by atoms with Crippen molar-refractivity contribution < 1.29 is 4.79 Å². The van der Waals surface area contributed by atoms with E-state index in [0.29, 0.717) is 5.95 Å². The van der Waals surface area contributed by atoms with Crippen LogP contribution in [0.1, 0.15) is 18.5 Å². The molecular formula is C11H13N3O. The van der Waals surface area contributed by atoms with Crippen LogP contribution in [-0.4, -0.2) is 15.9 Å². The van der Waals surface area contributed by atoms with Gasteiger partial charge in [0.15, 0.2) is 0 Å². The van der Waals surface area contributed by atoms with Crippen LogP contribution >= 0.6 is 0 Å². The van der Waals surface area contributed by atoms with Gasteiger partial charge in [-0.25, -0.2) is 9.97 Å². The molecule has 1 aromatic heterocycles. The van der Waals surface area contributed by atoms with Crippen molar-refractivity contribution in [3.63, 3.8) is 0 Å². The second-order valence-electron chi connectivity index (χ2n) is 3.65. The molecule has 0 saturated heterocycles. The predicted octanol–water partition coefficient (Wildman–Crippen LogP) is 1.69. The number of amides is 1. The highest BCUT2D eigenvalue weighted by atomic mass is 16.2. The monoisotopic (exact) mass is 203 g/mol. The van der Waals surface area contributed by atoms with Gasteiger partial charge in [0.1, 0.15) is 0 Å². The number of rotatable bonds is 2. The van der Waals surface area contributed by atoms with E-state index in [1.54, 1.807) is 12.3 Å². The number of carbonyl (C=O) groups excluding carboxylic acids is 1. The van der Waals surface area contributed by atoms with Crippen LogP contribution < -0.4 is 5.32 Å². The minimum atomic E-state index is 0.00519. The standard InChI is InChI=1S/C11H13N3O/c1-8-6-7-12-11(13-8)14-10(15)9-4-2-3-5-9/h2-3,6-7,9H,4-5H2,1H3,(H,12,13,14,15). The lowest BCUT2D eigenvalue weighted by Crippen LogP contribution is -2.21. The fraction of sp³-hybridized carbons (Fsp3) is 0.364. The van der Waals surface area contributed by atoms with Crippen LogP contribution in [0.2, 0.25) is 0 Å². The van der Waals surface area contributed by atoms with Crippen molar-refractivity contribution in [2.45, 2.75) is 19.8 Å². The van der Waals surface area contributed by atoms with E-state index in [1.165, 1.54) is 0 Å². The summed E-state index contributed by atoms with van der Waals surface area (Å²) in [6, 6.07) is 1.80. The van der Waals surface area contributed by atoms with Gasteiger partial charge in [-0.2, -0.15) is 0 Å². The summed E-state index contributed by atoms with van der Waals surface area (Å²) in [5, 5.41) is 2.72. The third-order valence-electron chi connectivity index (χ3n) is 2.41. The minimum Gasteiger partial charge on any atom is -0.294 e. The molecule has 0 unspecified atom stereocenters.